The van der Waals surface area contributed by atoms with Crippen LogP contribution in [0.3, 0.4) is 0 Å². The molecule has 1 atom stereocenters. The number of anilines is 1. The summed E-state index contributed by atoms with van der Waals surface area (Å²) in [6.45, 7) is -0.582. The Morgan fingerprint density at radius 3 is 2.46 bits per heavy atom. The molecule has 0 saturated heterocycles. The molecule has 136 valence electrons. The van der Waals surface area contributed by atoms with E-state index in [1.165, 1.54) is 18.2 Å². The maximum absolute atomic E-state index is 13.1. The number of rotatable bonds is 7. The van der Waals surface area contributed by atoms with Gasteiger partial charge in [-0.15, -0.1) is 0 Å². The minimum Gasteiger partial charge on any atom is -0.454 e. The van der Waals surface area contributed by atoms with E-state index in [9.17, 15) is 18.8 Å². The molecule has 2 aromatic rings. The third-order valence-electron chi connectivity index (χ3n) is 3.34. The highest BCUT2D eigenvalue weighted by atomic mass is 19.1. The number of urea groups is 1. The van der Waals surface area contributed by atoms with Gasteiger partial charge in [-0.25, -0.2) is 14.0 Å². The second-order valence-electron chi connectivity index (χ2n) is 5.42. The lowest BCUT2D eigenvalue weighted by molar-refractivity contribution is -0.149. The summed E-state index contributed by atoms with van der Waals surface area (Å²) in [6.07, 6.45) is 0.161. The van der Waals surface area contributed by atoms with Crippen LogP contribution in [0.2, 0.25) is 0 Å². The summed E-state index contributed by atoms with van der Waals surface area (Å²) in [7, 11) is 0. The largest absolute Gasteiger partial charge is 0.454 e. The molecule has 0 aliphatic heterocycles. The molecule has 0 aliphatic rings. The van der Waals surface area contributed by atoms with Crippen molar-refractivity contribution in [3.05, 3.63) is 66.0 Å². The molecule has 8 heteroatoms. The fourth-order valence-electron chi connectivity index (χ4n) is 2.22. The molecule has 2 rings (SSSR count). The predicted octanol–water partition coefficient (Wildman–Crippen LogP) is 1.59. The van der Waals surface area contributed by atoms with Gasteiger partial charge in [-0.05, 0) is 23.8 Å². The van der Waals surface area contributed by atoms with E-state index >= 15 is 0 Å². The molecule has 0 fully saturated rings. The highest BCUT2D eigenvalue weighted by molar-refractivity contribution is 5.93. The molecule has 0 heterocycles. The van der Waals surface area contributed by atoms with E-state index in [1.54, 1.807) is 24.3 Å². The van der Waals surface area contributed by atoms with E-state index in [0.29, 0.717) is 0 Å². The Morgan fingerprint density at radius 2 is 1.81 bits per heavy atom. The van der Waals surface area contributed by atoms with Crippen molar-refractivity contribution in [1.29, 1.82) is 0 Å². The average molecular weight is 359 g/mol. The van der Waals surface area contributed by atoms with Crippen molar-refractivity contribution in [2.75, 3.05) is 11.9 Å². The first-order valence-electron chi connectivity index (χ1n) is 7.76. The number of carbonyl (C=O) groups is 3. The molecule has 0 unspecified atom stereocenters. The number of primary amides is 1. The van der Waals surface area contributed by atoms with Crippen LogP contribution in [0.5, 0.6) is 0 Å². The fraction of sp³-hybridized carbons (Fsp3) is 0.167. The molecular formula is C18H18FN3O4. The van der Waals surface area contributed by atoms with Crippen molar-refractivity contribution < 1.29 is 23.5 Å². The third kappa shape index (κ3) is 6.23. The van der Waals surface area contributed by atoms with Gasteiger partial charge in [-0.2, -0.15) is 0 Å². The van der Waals surface area contributed by atoms with Gasteiger partial charge in [0.25, 0.3) is 5.91 Å². The molecule has 0 radical (unpaired) electrons. The highest BCUT2D eigenvalue weighted by Gasteiger charge is 2.22. The maximum Gasteiger partial charge on any atom is 0.329 e. The minimum atomic E-state index is -1.03. The standard InChI is InChI=1S/C18H18FN3O4/c19-13-7-4-8-14(10-13)21-16(23)11-26-17(24)15(22-18(20)25)9-12-5-2-1-3-6-12/h1-8,10,15H,9,11H2,(H,21,23)(H3,20,22,25)/t15-/m0/s1. The number of esters is 1. The van der Waals surface area contributed by atoms with Crippen LogP contribution in [0.1, 0.15) is 5.56 Å². The van der Waals surface area contributed by atoms with E-state index in [0.717, 1.165) is 11.6 Å². The van der Waals surface area contributed by atoms with Crippen LogP contribution in [-0.2, 0) is 20.7 Å². The summed E-state index contributed by atoms with van der Waals surface area (Å²) in [6, 6.07) is 12.3. The van der Waals surface area contributed by atoms with Crippen molar-refractivity contribution >= 4 is 23.6 Å². The topological polar surface area (TPSA) is 111 Å². The number of amides is 3. The SMILES string of the molecule is NC(=O)N[C@@H](Cc1ccccc1)C(=O)OCC(=O)Nc1cccc(F)c1. The Hall–Kier alpha value is -3.42. The van der Waals surface area contributed by atoms with E-state index in [2.05, 4.69) is 10.6 Å². The van der Waals surface area contributed by atoms with E-state index in [4.69, 9.17) is 10.5 Å². The van der Waals surface area contributed by atoms with Crippen LogP contribution < -0.4 is 16.4 Å². The van der Waals surface area contributed by atoms with Crippen LogP contribution in [0.25, 0.3) is 0 Å². The van der Waals surface area contributed by atoms with Crippen molar-refractivity contribution in [2.24, 2.45) is 5.73 Å². The molecular weight excluding hydrogens is 341 g/mol. The quantitative estimate of drug-likeness (QED) is 0.652. The number of nitrogens with two attached hydrogens (primary N) is 1. The number of halogens is 1. The first kappa shape index (κ1) is 18.9. The monoisotopic (exact) mass is 359 g/mol. The van der Waals surface area contributed by atoms with Crippen LogP contribution in [-0.4, -0.2) is 30.6 Å². The van der Waals surface area contributed by atoms with Gasteiger partial charge in [0.1, 0.15) is 11.9 Å². The Bertz CT molecular complexity index is 783. The van der Waals surface area contributed by atoms with Crippen LogP contribution in [0.4, 0.5) is 14.9 Å². The smallest absolute Gasteiger partial charge is 0.329 e. The molecule has 0 aliphatic carbocycles. The normalized spacial score (nSPS) is 11.3. The lowest BCUT2D eigenvalue weighted by atomic mass is 10.1. The zero-order valence-electron chi connectivity index (χ0n) is 13.8. The highest BCUT2D eigenvalue weighted by Crippen LogP contribution is 2.09. The van der Waals surface area contributed by atoms with Gasteiger partial charge in [0.15, 0.2) is 6.61 Å². The second-order valence-corrected chi connectivity index (χ2v) is 5.42. The Balaban J connectivity index is 1.91. The Kier molecular flexibility index (Phi) is 6.67. The van der Waals surface area contributed by atoms with E-state index < -0.39 is 36.4 Å². The van der Waals surface area contributed by atoms with Crippen LogP contribution in [0.15, 0.2) is 54.6 Å². The van der Waals surface area contributed by atoms with E-state index in [-0.39, 0.29) is 12.1 Å². The maximum atomic E-state index is 13.1. The van der Waals surface area contributed by atoms with Gasteiger partial charge in [-0.3, -0.25) is 4.79 Å². The van der Waals surface area contributed by atoms with Crippen LogP contribution in [0, 0.1) is 5.82 Å². The number of carbonyl (C=O) groups excluding carboxylic acids is 3. The van der Waals surface area contributed by atoms with Gasteiger partial charge in [0, 0.05) is 12.1 Å². The van der Waals surface area contributed by atoms with Gasteiger partial charge in [0.05, 0.1) is 0 Å². The van der Waals surface area contributed by atoms with E-state index in [1.807, 2.05) is 6.07 Å². The molecule has 7 nitrogen and oxygen atoms in total. The first-order chi connectivity index (χ1) is 12.4. The minimum absolute atomic E-state index is 0.161. The van der Waals surface area contributed by atoms with Crippen molar-refractivity contribution in [3.63, 3.8) is 0 Å². The summed E-state index contributed by atoms with van der Waals surface area (Å²) in [5.74, 6) is -1.95. The lowest BCUT2D eigenvalue weighted by Gasteiger charge is -2.16. The molecule has 0 saturated carbocycles. The average Bonchev–Trinajstić information content (AvgIpc) is 2.59. The number of benzene rings is 2. The van der Waals surface area contributed by atoms with Crippen LogP contribution >= 0.6 is 0 Å². The molecule has 4 N–H and O–H groups in total. The van der Waals surface area contributed by atoms with Gasteiger partial charge in [-0.1, -0.05) is 36.4 Å². The summed E-state index contributed by atoms with van der Waals surface area (Å²) < 4.78 is 18.0. The summed E-state index contributed by atoms with van der Waals surface area (Å²) in [5, 5.41) is 4.69. The zero-order chi connectivity index (χ0) is 18.9. The third-order valence-corrected chi connectivity index (χ3v) is 3.34. The van der Waals surface area contributed by atoms with Crippen molar-refractivity contribution in [3.8, 4) is 0 Å². The Labute approximate surface area is 149 Å². The molecule has 0 aromatic heterocycles. The number of nitrogens with one attached hydrogen (secondary N) is 2. The summed E-state index contributed by atoms with van der Waals surface area (Å²) in [5.41, 5.74) is 6.11. The van der Waals surface area contributed by atoms with Crippen molar-refractivity contribution in [1.82, 2.24) is 5.32 Å². The summed E-state index contributed by atoms with van der Waals surface area (Å²) >= 11 is 0. The van der Waals surface area contributed by atoms with Gasteiger partial charge < -0.3 is 21.1 Å². The van der Waals surface area contributed by atoms with Crippen molar-refractivity contribution in [2.45, 2.75) is 12.5 Å². The fourth-order valence-corrected chi connectivity index (χ4v) is 2.22. The lowest BCUT2D eigenvalue weighted by Crippen LogP contribution is -2.46. The Morgan fingerprint density at radius 1 is 1.08 bits per heavy atom. The number of ether oxygens (including phenoxy) is 1. The first-order valence-corrected chi connectivity index (χ1v) is 7.76. The molecule has 0 spiro atoms. The molecule has 0 bridgehead atoms. The summed E-state index contributed by atoms with van der Waals surface area (Å²) in [4.78, 5) is 35.1. The number of hydrogen-bond acceptors (Lipinski definition) is 4. The predicted molar refractivity (Wildman–Crippen MR) is 92.6 cm³/mol. The molecule has 26 heavy (non-hydrogen) atoms. The zero-order valence-corrected chi connectivity index (χ0v) is 13.8. The molecule has 2 aromatic carbocycles. The van der Waals surface area contributed by atoms with Gasteiger partial charge >= 0.3 is 12.0 Å². The second kappa shape index (κ2) is 9.16. The van der Waals surface area contributed by atoms with Gasteiger partial charge in [0.2, 0.25) is 0 Å². The number of hydrogen-bond donors (Lipinski definition) is 3. The molecule has 3 amide bonds.